The zero-order chi connectivity index (χ0) is 28.1. The fourth-order valence-corrected chi connectivity index (χ4v) is 4.83. The molecule has 4 rings (SSSR count). The topological polar surface area (TPSA) is 97.0 Å². The van der Waals surface area contributed by atoms with Crippen molar-refractivity contribution in [2.24, 2.45) is 0 Å². The van der Waals surface area contributed by atoms with Crippen molar-refractivity contribution in [1.29, 1.82) is 0 Å². The van der Waals surface area contributed by atoms with Gasteiger partial charge in [-0.25, -0.2) is 4.39 Å². The van der Waals surface area contributed by atoms with Gasteiger partial charge in [-0.1, -0.05) is 19.1 Å². The summed E-state index contributed by atoms with van der Waals surface area (Å²) in [4.78, 5) is 39.6. The second-order valence-electron chi connectivity index (χ2n) is 8.36. The summed E-state index contributed by atoms with van der Waals surface area (Å²) in [6.45, 7) is 1.70. The summed E-state index contributed by atoms with van der Waals surface area (Å²) < 4.78 is 24.8. The van der Waals surface area contributed by atoms with Crippen LogP contribution in [0.2, 0.25) is 0 Å². The van der Waals surface area contributed by atoms with Gasteiger partial charge in [-0.15, -0.1) is 0 Å². The third-order valence-corrected chi connectivity index (χ3v) is 6.83. The fourth-order valence-electron chi connectivity index (χ4n) is 3.77. The lowest BCUT2D eigenvalue weighted by Crippen LogP contribution is -2.54. The molecule has 0 unspecified atom stereocenters. The first-order valence-corrected chi connectivity index (χ1v) is 13.2. The second kappa shape index (κ2) is 12.3. The van der Waals surface area contributed by atoms with Gasteiger partial charge in [0.25, 0.3) is 17.7 Å². The minimum absolute atomic E-state index is 0.00113. The highest BCUT2D eigenvalue weighted by Gasteiger charge is 2.34. The molecule has 3 aromatic carbocycles. The molecule has 1 saturated heterocycles. The van der Waals surface area contributed by atoms with Crippen molar-refractivity contribution < 1.29 is 28.2 Å². The van der Waals surface area contributed by atoms with Gasteiger partial charge in [0.15, 0.2) is 23.2 Å². The number of anilines is 2. The first-order valence-electron chi connectivity index (χ1n) is 11.8. The van der Waals surface area contributed by atoms with Crippen LogP contribution in [0.5, 0.6) is 11.5 Å². The minimum atomic E-state index is -0.613. The quantitative estimate of drug-likeness (QED) is 0.156. The van der Waals surface area contributed by atoms with E-state index in [1.165, 1.54) is 42.4 Å². The van der Waals surface area contributed by atoms with E-state index in [1.807, 2.05) is 41.6 Å². The van der Waals surface area contributed by atoms with Crippen LogP contribution in [-0.4, -0.2) is 36.6 Å². The summed E-state index contributed by atoms with van der Waals surface area (Å²) in [5, 5.41) is 5.19. The molecule has 1 fully saturated rings. The van der Waals surface area contributed by atoms with Crippen LogP contribution < -0.4 is 25.0 Å². The van der Waals surface area contributed by atoms with Crippen molar-refractivity contribution in [1.82, 2.24) is 5.32 Å². The van der Waals surface area contributed by atoms with E-state index in [9.17, 15) is 18.8 Å². The Kier molecular flexibility index (Phi) is 8.92. The van der Waals surface area contributed by atoms with Gasteiger partial charge in [0.05, 0.1) is 16.4 Å². The monoisotopic (exact) mass is 659 g/mol. The van der Waals surface area contributed by atoms with E-state index >= 15 is 0 Å². The summed E-state index contributed by atoms with van der Waals surface area (Å²) in [6, 6.07) is 16.0. The lowest BCUT2D eigenvalue weighted by molar-refractivity contribution is -0.122. The van der Waals surface area contributed by atoms with Crippen molar-refractivity contribution in [2.45, 2.75) is 13.3 Å². The predicted octanol–water partition coefficient (Wildman–Crippen LogP) is 4.85. The molecule has 0 radical (unpaired) electrons. The maximum absolute atomic E-state index is 13.3. The Bertz CT molecular complexity index is 1480. The highest BCUT2D eigenvalue weighted by molar-refractivity contribution is 14.1. The standard InChI is InChI=1S/C28H23FIN3O5S/c1-3-16-4-10-20(11-5-16)33-27(36)21(26(35)32-28(33)39)12-17-13-22(30)25(23(14-17)37-2)38-15-24(34)31-19-8-6-18(29)7-9-19/h4-14H,3,15H2,1-2H3,(H,31,34)(H,32,35,39)/b21-12+. The summed E-state index contributed by atoms with van der Waals surface area (Å²) >= 11 is 7.29. The zero-order valence-electron chi connectivity index (χ0n) is 20.9. The van der Waals surface area contributed by atoms with Gasteiger partial charge in [-0.2, -0.15) is 0 Å². The van der Waals surface area contributed by atoms with Gasteiger partial charge in [0.2, 0.25) is 0 Å². The molecule has 0 spiro atoms. The van der Waals surface area contributed by atoms with Gasteiger partial charge < -0.3 is 14.8 Å². The SMILES string of the molecule is CCc1ccc(N2C(=O)/C(=C/c3cc(I)c(OCC(=O)Nc4ccc(F)cc4)c(OC)c3)C(=O)NC2=S)cc1. The van der Waals surface area contributed by atoms with Gasteiger partial charge in [-0.3, -0.25) is 24.6 Å². The van der Waals surface area contributed by atoms with Crippen molar-refractivity contribution in [3.63, 3.8) is 0 Å². The van der Waals surface area contributed by atoms with Gasteiger partial charge in [0, 0.05) is 5.69 Å². The zero-order valence-corrected chi connectivity index (χ0v) is 23.9. The lowest BCUT2D eigenvalue weighted by Gasteiger charge is -2.29. The van der Waals surface area contributed by atoms with Crippen molar-refractivity contribution in [3.8, 4) is 11.5 Å². The highest BCUT2D eigenvalue weighted by atomic mass is 127. The molecular formula is C28H23FIN3O5S. The molecule has 3 aromatic rings. The summed E-state index contributed by atoms with van der Waals surface area (Å²) in [5.74, 6) is -1.41. The maximum atomic E-state index is 13.3. The highest BCUT2D eigenvalue weighted by Crippen LogP contribution is 2.35. The Balaban J connectivity index is 1.54. The maximum Gasteiger partial charge on any atom is 0.270 e. The predicted molar refractivity (Wildman–Crippen MR) is 158 cm³/mol. The number of aryl methyl sites for hydroxylation is 1. The van der Waals surface area contributed by atoms with Crippen LogP contribution in [0.3, 0.4) is 0 Å². The van der Waals surface area contributed by atoms with E-state index in [0.717, 1.165) is 12.0 Å². The third kappa shape index (κ3) is 6.60. The summed E-state index contributed by atoms with van der Waals surface area (Å²) in [6.07, 6.45) is 2.29. The molecule has 0 bridgehead atoms. The van der Waals surface area contributed by atoms with Crippen LogP contribution in [0.1, 0.15) is 18.1 Å². The van der Waals surface area contributed by atoms with E-state index < -0.39 is 23.5 Å². The number of nitrogens with zero attached hydrogens (tertiary/aromatic N) is 1. The van der Waals surface area contributed by atoms with Crippen molar-refractivity contribution >= 4 is 75.1 Å². The lowest BCUT2D eigenvalue weighted by atomic mass is 10.1. The molecule has 0 saturated carbocycles. The molecule has 11 heteroatoms. The largest absolute Gasteiger partial charge is 0.493 e. The molecule has 0 atom stereocenters. The molecule has 8 nitrogen and oxygen atoms in total. The summed E-state index contributed by atoms with van der Waals surface area (Å²) in [5.41, 5.74) is 2.48. The Morgan fingerprint density at radius 3 is 2.46 bits per heavy atom. The average Bonchev–Trinajstić information content (AvgIpc) is 2.91. The molecule has 39 heavy (non-hydrogen) atoms. The number of thiocarbonyl (C=S) groups is 1. The van der Waals surface area contributed by atoms with Crippen LogP contribution in [-0.2, 0) is 20.8 Å². The number of hydrogen-bond acceptors (Lipinski definition) is 6. The molecule has 2 N–H and O–H groups in total. The number of methoxy groups -OCH3 is 1. The van der Waals surface area contributed by atoms with Crippen LogP contribution in [0, 0.1) is 9.39 Å². The number of rotatable bonds is 8. The Labute approximate surface area is 243 Å². The molecule has 0 aromatic heterocycles. The Hall–Kier alpha value is -3.84. The van der Waals surface area contributed by atoms with E-state index in [-0.39, 0.29) is 17.3 Å². The first kappa shape index (κ1) is 28.2. The molecule has 200 valence electrons. The van der Waals surface area contributed by atoms with Crippen molar-refractivity contribution in [3.05, 3.63) is 86.8 Å². The molecule has 0 aliphatic carbocycles. The number of halogens is 2. The molecule has 1 heterocycles. The van der Waals surface area contributed by atoms with E-state index in [0.29, 0.717) is 32.0 Å². The van der Waals surface area contributed by atoms with E-state index in [2.05, 4.69) is 10.6 Å². The summed E-state index contributed by atoms with van der Waals surface area (Å²) in [7, 11) is 1.44. The number of carbonyl (C=O) groups excluding carboxylic acids is 3. The average molecular weight is 659 g/mol. The van der Waals surface area contributed by atoms with Gasteiger partial charge >= 0.3 is 0 Å². The number of amides is 3. The van der Waals surface area contributed by atoms with E-state index in [4.69, 9.17) is 21.7 Å². The number of benzene rings is 3. The molecule has 3 amide bonds. The van der Waals surface area contributed by atoms with Gasteiger partial charge in [-0.05, 0) is 107 Å². The van der Waals surface area contributed by atoms with Crippen LogP contribution >= 0.6 is 34.8 Å². The third-order valence-electron chi connectivity index (χ3n) is 5.74. The number of hydrogen-bond donors (Lipinski definition) is 2. The fraction of sp³-hybridized carbons (Fsp3) is 0.143. The second-order valence-corrected chi connectivity index (χ2v) is 9.90. The Morgan fingerprint density at radius 1 is 1.13 bits per heavy atom. The number of carbonyl (C=O) groups is 3. The molecule has 1 aliphatic rings. The van der Waals surface area contributed by atoms with Crippen LogP contribution in [0.25, 0.3) is 6.08 Å². The first-order chi connectivity index (χ1) is 18.7. The van der Waals surface area contributed by atoms with Crippen LogP contribution in [0.4, 0.5) is 15.8 Å². The van der Waals surface area contributed by atoms with E-state index in [1.54, 1.807) is 24.3 Å². The molecular weight excluding hydrogens is 636 g/mol. The smallest absolute Gasteiger partial charge is 0.270 e. The van der Waals surface area contributed by atoms with Crippen molar-refractivity contribution in [2.75, 3.05) is 23.9 Å². The number of ether oxygens (including phenoxy) is 2. The molecule has 1 aliphatic heterocycles. The number of nitrogens with one attached hydrogen (secondary N) is 2. The van der Waals surface area contributed by atoms with Crippen LogP contribution in [0.15, 0.2) is 66.2 Å². The minimum Gasteiger partial charge on any atom is -0.493 e. The normalized spacial score (nSPS) is 14.3. The van der Waals surface area contributed by atoms with Gasteiger partial charge in [0.1, 0.15) is 11.4 Å². The Morgan fingerprint density at radius 2 is 1.82 bits per heavy atom.